The minimum Gasteiger partial charge on any atom is -0.494 e. The highest BCUT2D eigenvalue weighted by Gasteiger charge is 2.00. The maximum absolute atomic E-state index is 8.55. The summed E-state index contributed by atoms with van der Waals surface area (Å²) in [6.45, 7) is 2.97. The van der Waals surface area contributed by atoms with Gasteiger partial charge in [0.05, 0.1) is 38.6 Å². The molecule has 230 valence electrons. The Bertz CT molecular complexity index is 898. The number of hydrogen-bond acceptors (Lipinski definition) is 6. The van der Waals surface area contributed by atoms with Gasteiger partial charge in [-0.25, -0.2) is 0 Å². The van der Waals surface area contributed by atoms with Crippen LogP contribution < -0.4 is 18.9 Å². The molecule has 0 N–H and O–H groups in total. The fourth-order valence-corrected chi connectivity index (χ4v) is 4.61. The number of nitriles is 2. The fourth-order valence-electron chi connectivity index (χ4n) is 4.61. The molecule has 6 nitrogen and oxygen atoms in total. The second-order valence-corrected chi connectivity index (χ2v) is 10.8. The van der Waals surface area contributed by atoms with Gasteiger partial charge in [-0.3, -0.25) is 0 Å². The number of hydrogen-bond donors (Lipinski definition) is 0. The summed E-state index contributed by atoms with van der Waals surface area (Å²) < 4.78 is 23.3. The molecule has 0 heterocycles. The Morgan fingerprint density at radius 3 is 0.786 bits per heavy atom. The average molecular weight is 577 g/mol. The molecule has 0 saturated carbocycles. The monoisotopic (exact) mass is 576 g/mol. The lowest BCUT2D eigenvalue weighted by Gasteiger charge is -2.09. The molecule has 0 amide bonds. The van der Waals surface area contributed by atoms with E-state index in [-0.39, 0.29) is 0 Å². The molecular weight excluding hydrogens is 524 g/mol. The molecule has 0 aromatic heterocycles. The standard InChI is InChI=1S/C36H52N2O4/c37-27-13-7-5-11-17-31-41-35-23-19-33(20-24-35)39-29-15-9-3-1-2-4-10-16-30-40-34-21-25-36(26-22-34)42-32-18-12-6-8-14-28-38/h19-26H,1-18,29-32H2. The second kappa shape index (κ2) is 25.3. The first-order valence-electron chi connectivity index (χ1n) is 16.3. The molecule has 2 aromatic rings. The van der Waals surface area contributed by atoms with Crippen molar-refractivity contribution < 1.29 is 18.9 Å². The van der Waals surface area contributed by atoms with Gasteiger partial charge in [0.25, 0.3) is 0 Å². The largest absolute Gasteiger partial charge is 0.494 e. The highest BCUT2D eigenvalue weighted by molar-refractivity contribution is 5.32. The summed E-state index contributed by atoms with van der Waals surface area (Å²) in [5.41, 5.74) is 0. The van der Waals surface area contributed by atoms with E-state index in [1.54, 1.807) is 0 Å². The van der Waals surface area contributed by atoms with Crippen LogP contribution in [-0.2, 0) is 0 Å². The van der Waals surface area contributed by atoms with Crippen LogP contribution >= 0.6 is 0 Å². The van der Waals surface area contributed by atoms with E-state index in [0.717, 1.165) is 114 Å². The topological polar surface area (TPSA) is 84.5 Å². The predicted octanol–water partition coefficient (Wildman–Crippen LogP) is 9.97. The predicted molar refractivity (Wildman–Crippen MR) is 169 cm³/mol. The van der Waals surface area contributed by atoms with E-state index in [4.69, 9.17) is 29.5 Å². The third-order valence-electron chi connectivity index (χ3n) is 7.13. The van der Waals surface area contributed by atoms with Crippen LogP contribution in [-0.4, -0.2) is 26.4 Å². The number of nitrogens with zero attached hydrogens (tertiary/aromatic N) is 2. The molecule has 6 heteroatoms. The van der Waals surface area contributed by atoms with Gasteiger partial charge in [-0.15, -0.1) is 0 Å². The quantitative estimate of drug-likeness (QED) is 0.0984. The summed E-state index contributed by atoms with van der Waals surface area (Å²) in [6.07, 6.45) is 19.4. The van der Waals surface area contributed by atoms with Crippen LogP contribution in [0.15, 0.2) is 48.5 Å². The zero-order valence-corrected chi connectivity index (χ0v) is 25.7. The Morgan fingerprint density at radius 2 is 0.548 bits per heavy atom. The summed E-state index contributed by atoms with van der Waals surface area (Å²) >= 11 is 0. The summed E-state index contributed by atoms with van der Waals surface area (Å²) in [7, 11) is 0. The lowest BCUT2D eigenvalue weighted by molar-refractivity contribution is 0.295. The fraction of sp³-hybridized carbons (Fsp3) is 0.611. The van der Waals surface area contributed by atoms with Gasteiger partial charge in [0.1, 0.15) is 23.0 Å². The highest BCUT2D eigenvalue weighted by Crippen LogP contribution is 2.20. The van der Waals surface area contributed by atoms with Gasteiger partial charge in [0, 0.05) is 12.8 Å². The summed E-state index contributed by atoms with van der Waals surface area (Å²) in [5.74, 6) is 3.58. The molecule has 2 rings (SSSR count). The first-order valence-corrected chi connectivity index (χ1v) is 16.3. The van der Waals surface area contributed by atoms with Crippen LogP contribution in [0.2, 0.25) is 0 Å². The molecular formula is C36H52N2O4. The van der Waals surface area contributed by atoms with Gasteiger partial charge < -0.3 is 18.9 Å². The van der Waals surface area contributed by atoms with E-state index in [1.807, 2.05) is 48.5 Å². The smallest absolute Gasteiger partial charge is 0.119 e. The van der Waals surface area contributed by atoms with Crippen molar-refractivity contribution >= 4 is 0 Å². The van der Waals surface area contributed by atoms with Crippen molar-refractivity contribution in [3.63, 3.8) is 0 Å². The van der Waals surface area contributed by atoms with Crippen LogP contribution in [0.25, 0.3) is 0 Å². The Kier molecular flexibility index (Phi) is 21.0. The normalized spacial score (nSPS) is 10.5. The van der Waals surface area contributed by atoms with Crippen molar-refractivity contribution in [3.05, 3.63) is 48.5 Å². The molecule has 2 aromatic carbocycles. The third-order valence-corrected chi connectivity index (χ3v) is 7.13. The Balaban J connectivity index is 1.35. The summed E-state index contributed by atoms with van der Waals surface area (Å²) in [4.78, 5) is 0. The number of rotatable bonds is 27. The molecule has 0 radical (unpaired) electrons. The lowest BCUT2D eigenvalue weighted by Crippen LogP contribution is -1.99. The van der Waals surface area contributed by atoms with Gasteiger partial charge >= 0.3 is 0 Å². The van der Waals surface area contributed by atoms with Crippen LogP contribution in [0.1, 0.15) is 116 Å². The molecule has 0 fully saturated rings. The van der Waals surface area contributed by atoms with Crippen molar-refractivity contribution in [1.29, 1.82) is 10.5 Å². The van der Waals surface area contributed by atoms with Crippen LogP contribution in [0, 0.1) is 22.7 Å². The van der Waals surface area contributed by atoms with E-state index in [2.05, 4.69) is 12.1 Å². The lowest BCUT2D eigenvalue weighted by atomic mass is 10.1. The van der Waals surface area contributed by atoms with Gasteiger partial charge in [-0.05, 0) is 87.1 Å². The zero-order valence-electron chi connectivity index (χ0n) is 25.7. The molecule has 42 heavy (non-hydrogen) atoms. The van der Waals surface area contributed by atoms with Crippen molar-refractivity contribution in [3.8, 4) is 35.1 Å². The third kappa shape index (κ3) is 18.9. The van der Waals surface area contributed by atoms with Crippen molar-refractivity contribution in [2.24, 2.45) is 0 Å². The van der Waals surface area contributed by atoms with E-state index in [0.29, 0.717) is 12.8 Å². The molecule has 0 spiro atoms. The number of benzene rings is 2. The van der Waals surface area contributed by atoms with Crippen molar-refractivity contribution in [1.82, 2.24) is 0 Å². The summed E-state index contributed by atoms with van der Waals surface area (Å²) in [5, 5.41) is 17.1. The van der Waals surface area contributed by atoms with Gasteiger partial charge in [-0.1, -0.05) is 64.2 Å². The number of ether oxygens (including phenoxy) is 4. The maximum Gasteiger partial charge on any atom is 0.119 e. The van der Waals surface area contributed by atoms with E-state index in [1.165, 1.54) is 38.5 Å². The average Bonchev–Trinajstić information content (AvgIpc) is 3.02. The zero-order chi connectivity index (χ0) is 29.8. The molecule has 0 atom stereocenters. The summed E-state index contributed by atoms with van der Waals surface area (Å²) in [6, 6.07) is 20.2. The van der Waals surface area contributed by atoms with Crippen molar-refractivity contribution in [2.45, 2.75) is 116 Å². The molecule has 0 aliphatic carbocycles. The van der Waals surface area contributed by atoms with Gasteiger partial charge in [-0.2, -0.15) is 10.5 Å². The van der Waals surface area contributed by atoms with Crippen molar-refractivity contribution in [2.75, 3.05) is 26.4 Å². The van der Waals surface area contributed by atoms with Crippen LogP contribution in [0.4, 0.5) is 0 Å². The van der Waals surface area contributed by atoms with Gasteiger partial charge in [0.2, 0.25) is 0 Å². The Hall–Kier alpha value is -3.38. The Morgan fingerprint density at radius 1 is 0.333 bits per heavy atom. The van der Waals surface area contributed by atoms with Crippen LogP contribution in [0.5, 0.6) is 23.0 Å². The molecule has 0 aliphatic heterocycles. The molecule has 0 aliphatic rings. The maximum atomic E-state index is 8.55. The first kappa shape index (κ1) is 34.8. The van der Waals surface area contributed by atoms with Crippen LogP contribution in [0.3, 0.4) is 0 Å². The molecule has 0 unspecified atom stereocenters. The van der Waals surface area contributed by atoms with Gasteiger partial charge in [0.15, 0.2) is 0 Å². The molecule has 0 saturated heterocycles. The van der Waals surface area contributed by atoms with E-state index >= 15 is 0 Å². The first-order chi connectivity index (χ1) is 20.8. The Labute approximate surface area is 254 Å². The van der Waals surface area contributed by atoms with E-state index in [9.17, 15) is 0 Å². The minimum atomic E-state index is 0.655. The minimum absolute atomic E-state index is 0.655. The molecule has 0 bridgehead atoms. The number of unbranched alkanes of at least 4 members (excludes halogenated alkanes) is 15. The highest BCUT2D eigenvalue weighted by atomic mass is 16.5. The van der Waals surface area contributed by atoms with E-state index < -0.39 is 0 Å². The SMILES string of the molecule is N#CCCCCCCOc1ccc(OCCCCCCCCCCOc2ccc(OCCCCCCC#N)cc2)cc1. The second-order valence-electron chi connectivity index (χ2n) is 10.8.